The minimum absolute atomic E-state index is 0.154. The predicted molar refractivity (Wildman–Crippen MR) is 147 cm³/mol. The summed E-state index contributed by atoms with van der Waals surface area (Å²) in [5.41, 5.74) is 1.51. The quantitative estimate of drug-likeness (QED) is 0.160. The van der Waals surface area contributed by atoms with Crippen molar-refractivity contribution >= 4 is 5.91 Å². The summed E-state index contributed by atoms with van der Waals surface area (Å²) in [6, 6.07) is 0. The highest BCUT2D eigenvalue weighted by Gasteiger charge is 2.43. The first-order valence-electron chi connectivity index (χ1n) is 14.9. The SMILES string of the molecule is CCCC[C@H](C)C[C@H](O)/C=C/[C@@H]1[C@H]2CC(CCCCC(=O)N(CCCC)CCCC)=C[C@H]2C[C@H]1O. The zero-order chi connectivity index (χ0) is 25.6. The average molecular weight is 490 g/mol. The normalized spacial score (nSPS) is 25.6. The van der Waals surface area contributed by atoms with E-state index in [1.54, 1.807) is 0 Å². The van der Waals surface area contributed by atoms with Gasteiger partial charge in [0.25, 0.3) is 0 Å². The molecule has 0 unspecified atom stereocenters. The van der Waals surface area contributed by atoms with E-state index in [1.165, 1.54) is 24.8 Å². The molecule has 0 aliphatic heterocycles. The molecule has 1 fully saturated rings. The Hall–Kier alpha value is -1.13. The molecule has 4 heteroatoms. The monoisotopic (exact) mass is 489 g/mol. The zero-order valence-electron chi connectivity index (χ0n) is 23.3. The number of aliphatic hydroxyl groups excluding tert-OH is 2. The lowest BCUT2D eigenvalue weighted by atomic mass is 9.88. The van der Waals surface area contributed by atoms with Crippen LogP contribution in [0.2, 0.25) is 0 Å². The van der Waals surface area contributed by atoms with Gasteiger partial charge in [-0.3, -0.25) is 4.79 Å². The Labute approximate surface area is 216 Å². The molecule has 2 rings (SSSR count). The van der Waals surface area contributed by atoms with E-state index in [2.05, 4.69) is 44.7 Å². The van der Waals surface area contributed by atoms with E-state index in [1.807, 2.05) is 6.08 Å². The van der Waals surface area contributed by atoms with Gasteiger partial charge in [-0.05, 0) is 69.1 Å². The zero-order valence-corrected chi connectivity index (χ0v) is 23.3. The smallest absolute Gasteiger partial charge is 0.222 e. The van der Waals surface area contributed by atoms with E-state index in [0.717, 1.165) is 77.3 Å². The largest absolute Gasteiger partial charge is 0.392 e. The molecule has 0 heterocycles. The van der Waals surface area contributed by atoms with Crippen molar-refractivity contribution in [3.8, 4) is 0 Å². The highest BCUT2D eigenvalue weighted by atomic mass is 16.3. The number of hydrogen-bond acceptors (Lipinski definition) is 3. The van der Waals surface area contributed by atoms with Gasteiger partial charge in [-0.1, -0.05) is 83.6 Å². The molecular weight excluding hydrogens is 434 g/mol. The number of amides is 1. The van der Waals surface area contributed by atoms with Gasteiger partial charge < -0.3 is 15.1 Å². The van der Waals surface area contributed by atoms with Crippen molar-refractivity contribution < 1.29 is 15.0 Å². The molecule has 2 aliphatic rings. The molecule has 6 atom stereocenters. The Balaban J connectivity index is 1.74. The van der Waals surface area contributed by atoms with Crippen LogP contribution < -0.4 is 0 Å². The van der Waals surface area contributed by atoms with E-state index < -0.39 is 6.10 Å². The van der Waals surface area contributed by atoms with Gasteiger partial charge in [0.15, 0.2) is 0 Å². The van der Waals surface area contributed by atoms with Crippen molar-refractivity contribution in [1.29, 1.82) is 0 Å². The second-order valence-electron chi connectivity index (χ2n) is 11.5. The lowest BCUT2D eigenvalue weighted by Gasteiger charge is -2.22. The van der Waals surface area contributed by atoms with Crippen LogP contribution in [-0.4, -0.2) is 46.3 Å². The van der Waals surface area contributed by atoms with Gasteiger partial charge in [0.05, 0.1) is 12.2 Å². The van der Waals surface area contributed by atoms with Gasteiger partial charge >= 0.3 is 0 Å². The highest BCUT2D eigenvalue weighted by molar-refractivity contribution is 5.76. The van der Waals surface area contributed by atoms with Crippen LogP contribution in [0.25, 0.3) is 0 Å². The van der Waals surface area contributed by atoms with Crippen LogP contribution in [0.4, 0.5) is 0 Å². The fourth-order valence-corrected chi connectivity index (χ4v) is 6.05. The van der Waals surface area contributed by atoms with Crippen LogP contribution in [0.1, 0.15) is 118 Å². The number of aliphatic hydroxyl groups is 2. The van der Waals surface area contributed by atoms with Gasteiger partial charge in [0.2, 0.25) is 5.91 Å². The maximum atomic E-state index is 12.7. The van der Waals surface area contributed by atoms with E-state index >= 15 is 0 Å². The number of hydrogen-bond donors (Lipinski definition) is 2. The molecule has 1 amide bonds. The summed E-state index contributed by atoms with van der Waals surface area (Å²) in [6.07, 6.45) is 20.3. The predicted octanol–water partition coefficient (Wildman–Crippen LogP) is 7.05. The molecule has 2 N–H and O–H groups in total. The summed E-state index contributed by atoms with van der Waals surface area (Å²) in [4.78, 5) is 14.8. The van der Waals surface area contributed by atoms with Gasteiger partial charge in [-0.2, -0.15) is 0 Å². The number of carbonyl (C=O) groups is 1. The van der Waals surface area contributed by atoms with Crippen molar-refractivity contribution in [1.82, 2.24) is 4.90 Å². The van der Waals surface area contributed by atoms with Gasteiger partial charge in [-0.25, -0.2) is 0 Å². The third-order valence-electron chi connectivity index (χ3n) is 8.25. The lowest BCUT2D eigenvalue weighted by molar-refractivity contribution is -0.131. The molecule has 0 bridgehead atoms. The van der Waals surface area contributed by atoms with E-state index in [0.29, 0.717) is 30.1 Å². The maximum Gasteiger partial charge on any atom is 0.222 e. The minimum Gasteiger partial charge on any atom is -0.392 e. The number of allylic oxidation sites excluding steroid dienone is 2. The second kappa shape index (κ2) is 16.6. The molecular formula is C31H55NO3. The first-order valence-corrected chi connectivity index (χ1v) is 14.9. The van der Waals surface area contributed by atoms with Crippen molar-refractivity contribution in [3.63, 3.8) is 0 Å². The number of unbranched alkanes of at least 4 members (excludes halogenated alkanes) is 4. The van der Waals surface area contributed by atoms with Gasteiger partial charge in [0.1, 0.15) is 0 Å². The average Bonchev–Trinajstić information content (AvgIpc) is 3.35. The molecule has 2 aliphatic carbocycles. The number of rotatable bonds is 18. The molecule has 0 saturated heterocycles. The van der Waals surface area contributed by atoms with Crippen LogP contribution in [0.15, 0.2) is 23.8 Å². The second-order valence-corrected chi connectivity index (χ2v) is 11.5. The molecule has 0 spiro atoms. The lowest BCUT2D eigenvalue weighted by Crippen LogP contribution is -2.32. The third kappa shape index (κ3) is 10.4. The van der Waals surface area contributed by atoms with Crippen molar-refractivity contribution in [2.24, 2.45) is 23.7 Å². The molecule has 202 valence electrons. The van der Waals surface area contributed by atoms with Crippen molar-refractivity contribution in [2.45, 2.75) is 130 Å². The first kappa shape index (κ1) is 30.1. The maximum absolute atomic E-state index is 12.7. The van der Waals surface area contributed by atoms with Crippen LogP contribution in [0.5, 0.6) is 0 Å². The summed E-state index contributed by atoms with van der Waals surface area (Å²) in [5.74, 6) is 1.96. The summed E-state index contributed by atoms with van der Waals surface area (Å²) in [5, 5.41) is 21.1. The van der Waals surface area contributed by atoms with E-state index in [4.69, 9.17) is 0 Å². The van der Waals surface area contributed by atoms with Crippen molar-refractivity contribution in [2.75, 3.05) is 13.1 Å². The van der Waals surface area contributed by atoms with Crippen LogP contribution in [0.3, 0.4) is 0 Å². The Kier molecular flexibility index (Phi) is 14.3. The summed E-state index contributed by atoms with van der Waals surface area (Å²) in [7, 11) is 0. The molecule has 0 aromatic carbocycles. The topological polar surface area (TPSA) is 60.8 Å². The summed E-state index contributed by atoms with van der Waals surface area (Å²) < 4.78 is 0. The molecule has 4 nitrogen and oxygen atoms in total. The molecule has 0 aromatic rings. The standard InChI is InChI=1S/C31H55NO3/c1-5-8-13-24(4)20-27(33)16-17-28-29-22-25(21-26(29)23-30(28)34)14-11-12-15-31(35)32(18-9-6-2)19-10-7-3/h16-17,21,24,26-30,33-34H,5-15,18-20,22-23H2,1-4H3/b17-16+/t24-,26-,27+,28+,29-,30+/m0/s1. The number of nitrogens with zero attached hydrogens (tertiary/aromatic N) is 1. The summed E-state index contributed by atoms with van der Waals surface area (Å²) in [6.45, 7) is 10.6. The van der Waals surface area contributed by atoms with E-state index in [-0.39, 0.29) is 12.0 Å². The number of fused-ring (bicyclic) bond motifs is 1. The fourth-order valence-electron chi connectivity index (χ4n) is 6.05. The Bertz CT molecular complexity index is 650. The fraction of sp³-hybridized carbons (Fsp3) is 0.839. The van der Waals surface area contributed by atoms with Crippen LogP contribution in [-0.2, 0) is 4.79 Å². The first-order chi connectivity index (χ1) is 16.9. The Morgan fingerprint density at radius 1 is 1.09 bits per heavy atom. The summed E-state index contributed by atoms with van der Waals surface area (Å²) >= 11 is 0. The van der Waals surface area contributed by atoms with Gasteiger partial charge in [-0.15, -0.1) is 0 Å². The molecule has 0 radical (unpaired) electrons. The van der Waals surface area contributed by atoms with Crippen LogP contribution in [0, 0.1) is 23.7 Å². The van der Waals surface area contributed by atoms with Crippen molar-refractivity contribution in [3.05, 3.63) is 23.8 Å². The Morgan fingerprint density at radius 2 is 1.77 bits per heavy atom. The minimum atomic E-state index is -0.409. The molecule has 35 heavy (non-hydrogen) atoms. The third-order valence-corrected chi connectivity index (χ3v) is 8.25. The Morgan fingerprint density at radius 3 is 2.43 bits per heavy atom. The van der Waals surface area contributed by atoms with E-state index in [9.17, 15) is 15.0 Å². The van der Waals surface area contributed by atoms with Gasteiger partial charge in [0, 0.05) is 25.4 Å². The number of carbonyl (C=O) groups excluding carboxylic acids is 1. The molecule has 0 aromatic heterocycles. The highest BCUT2D eigenvalue weighted by Crippen LogP contribution is 2.48. The van der Waals surface area contributed by atoms with Crippen LogP contribution >= 0.6 is 0 Å². The molecule has 1 saturated carbocycles.